The van der Waals surface area contributed by atoms with Crippen molar-refractivity contribution >= 4 is 23.2 Å². The molecular formula is C23H32N4O2. The fraction of sp³-hybridized carbons (Fsp3) is 0.435. The van der Waals surface area contributed by atoms with E-state index in [1.54, 1.807) is 18.5 Å². The van der Waals surface area contributed by atoms with Crippen LogP contribution in [0.15, 0.2) is 42.7 Å². The Labute approximate surface area is 173 Å². The molecule has 2 N–H and O–H groups in total. The first-order valence-corrected chi connectivity index (χ1v) is 10.3. The lowest BCUT2D eigenvalue weighted by molar-refractivity contribution is -0.120. The number of carbonyl (C=O) groups excluding carboxylic acids is 2. The SMILES string of the molecule is CCCCC(CC)C(=O)Nc1ccc(N(C)C)c(C(=O)NCc2cccnc2)c1. The number of unbranched alkanes of at least 4 members (excludes halogenated alkanes) is 1. The number of nitrogens with zero attached hydrogens (tertiary/aromatic N) is 2. The topological polar surface area (TPSA) is 74.3 Å². The second-order valence-electron chi connectivity index (χ2n) is 7.41. The van der Waals surface area contributed by atoms with Crippen LogP contribution in [0.4, 0.5) is 11.4 Å². The first kappa shape index (κ1) is 22.4. The Morgan fingerprint density at radius 2 is 1.97 bits per heavy atom. The minimum Gasteiger partial charge on any atom is -0.377 e. The Balaban J connectivity index is 2.15. The molecule has 2 rings (SSSR count). The average Bonchev–Trinajstić information content (AvgIpc) is 2.73. The molecule has 0 aliphatic rings. The van der Waals surface area contributed by atoms with Crippen LogP contribution in [0, 0.1) is 5.92 Å². The van der Waals surface area contributed by atoms with E-state index in [0.29, 0.717) is 17.8 Å². The molecule has 1 unspecified atom stereocenters. The summed E-state index contributed by atoms with van der Waals surface area (Å²) in [5.74, 6) is -0.182. The van der Waals surface area contributed by atoms with E-state index in [9.17, 15) is 9.59 Å². The number of nitrogens with one attached hydrogen (secondary N) is 2. The van der Waals surface area contributed by atoms with E-state index >= 15 is 0 Å². The van der Waals surface area contributed by atoms with E-state index in [1.165, 1.54) is 0 Å². The van der Waals surface area contributed by atoms with E-state index in [1.807, 2.05) is 50.2 Å². The lowest BCUT2D eigenvalue weighted by Gasteiger charge is -2.20. The Bertz CT molecular complexity index is 806. The first-order valence-electron chi connectivity index (χ1n) is 10.3. The molecule has 1 aromatic heterocycles. The van der Waals surface area contributed by atoms with Gasteiger partial charge in [0.2, 0.25) is 5.91 Å². The van der Waals surface area contributed by atoms with Gasteiger partial charge in [0.15, 0.2) is 0 Å². The van der Waals surface area contributed by atoms with Gasteiger partial charge in [-0.2, -0.15) is 0 Å². The molecule has 0 aliphatic heterocycles. The molecule has 0 saturated carbocycles. The van der Waals surface area contributed by atoms with Crippen molar-refractivity contribution in [2.24, 2.45) is 5.92 Å². The summed E-state index contributed by atoms with van der Waals surface area (Å²) in [5, 5.41) is 5.92. The maximum Gasteiger partial charge on any atom is 0.253 e. The largest absolute Gasteiger partial charge is 0.377 e. The maximum absolute atomic E-state index is 12.8. The van der Waals surface area contributed by atoms with Crippen molar-refractivity contribution in [1.29, 1.82) is 0 Å². The number of anilines is 2. The van der Waals surface area contributed by atoms with E-state index in [4.69, 9.17) is 0 Å². The number of hydrogen-bond acceptors (Lipinski definition) is 4. The molecule has 1 atom stereocenters. The molecule has 0 radical (unpaired) electrons. The summed E-state index contributed by atoms with van der Waals surface area (Å²) in [6.45, 7) is 4.55. The maximum atomic E-state index is 12.8. The minimum absolute atomic E-state index is 0.00803. The van der Waals surface area contributed by atoms with Crippen LogP contribution in [-0.2, 0) is 11.3 Å². The highest BCUT2D eigenvalue weighted by atomic mass is 16.2. The average molecular weight is 397 g/mol. The van der Waals surface area contributed by atoms with Crippen molar-refractivity contribution in [3.8, 4) is 0 Å². The normalized spacial score (nSPS) is 11.6. The molecule has 6 heteroatoms. The third kappa shape index (κ3) is 6.59. The summed E-state index contributed by atoms with van der Waals surface area (Å²) in [6.07, 6.45) is 7.22. The molecule has 2 amide bonds. The van der Waals surface area contributed by atoms with E-state index < -0.39 is 0 Å². The third-order valence-corrected chi connectivity index (χ3v) is 4.94. The van der Waals surface area contributed by atoms with Crippen molar-refractivity contribution < 1.29 is 9.59 Å². The number of rotatable bonds is 10. The summed E-state index contributed by atoms with van der Waals surface area (Å²) < 4.78 is 0. The van der Waals surface area contributed by atoms with Crippen LogP contribution in [0.25, 0.3) is 0 Å². The lowest BCUT2D eigenvalue weighted by atomic mass is 9.98. The highest BCUT2D eigenvalue weighted by molar-refractivity contribution is 6.02. The molecule has 0 saturated heterocycles. The van der Waals surface area contributed by atoms with Gasteiger partial charge in [0.1, 0.15) is 0 Å². The van der Waals surface area contributed by atoms with Crippen molar-refractivity contribution in [3.05, 3.63) is 53.9 Å². The molecule has 0 aliphatic carbocycles. The van der Waals surface area contributed by atoms with Crippen molar-refractivity contribution in [2.75, 3.05) is 24.3 Å². The van der Waals surface area contributed by atoms with Gasteiger partial charge >= 0.3 is 0 Å². The summed E-state index contributed by atoms with van der Waals surface area (Å²) in [6, 6.07) is 9.21. The summed E-state index contributed by atoms with van der Waals surface area (Å²) >= 11 is 0. The number of amides is 2. The highest BCUT2D eigenvalue weighted by Crippen LogP contribution is 2.24. The molecule has 29 heavy (non-hydrogen) atoms. The number of aromatic nitrogens is 1. The smallest absolute Gasteiger partial charge is 0.253 e. The Morgan fingerprint density at radius 3 is 2.59 bits per heavy atom. The monoisotopic (exact) mass is 396 g/mol. The fourth-order valence-corrected chi connectivity index (χ4v) is 3.18. The van der Waals surface area contributed by atoms with Gasteiger partial charge in [-0.25, -0.2) is 0 Å². The Hall–Kier alpha value is -2.89. The quantitative estimate of drug-likeness (QED) is 0.630. The van der Waals surface area contributed by atoms with Gasteiger partial charge < -0.3 is 15.5 Å². The second kappa shape index (κ2) is 11.2. The predicted octanol–water partition coefficient (Wildman–Crippen LogP) is 4.23. The van der Waals surface area contributed by atoms with Gasteiger partial charge in [-0.05, 0) is 42.7 Å². The summed E-state index contributed by atoms with van der Waals surface area (Å²) in [5.41, 5.74) is 2.89. The van der Waals surface area contributed by atoms with Gasteiger partial charge in [-0.1, -0.05) is 32.8 Å². The van der Waals surface area contributed by atoms with Crippen LogP contribution in [0.3, 0.4) is 0 Å². The van der Waals surface area contributed by atoms with Crippen LogP contribution < -0.4 is 15.5 Å². The molecule has 1 heterocycles. The van der Waals surface area contributed by atoms with Crippen LogP contribution in [-0.4, -0.2) is 30.9 Å². The lowest BCUT2D eigenvalue weighted by Crippen LogP contribution is -2.26. The zero-order valence-corrected chi connectivity index (χ0v) is 17.9. The highest BCUT2D eigenvalue weighted by Gasteiger charge is 2.18. The molecule has 6 nitrogen and oxygen atoms in total. The fourth-order valence-electron chi connectivity index (χ4n) is 3.18. The van der Waals surface area contributed by atoms with Crippen LogP contribution in [0.2, 0.25) is 0 Å². The number of hydrogen-bond donors (Lipinski definition) is 2. The zero-order valence-electron chi connectivity index (χ0n) is 17.9. The zero-order chi connectivity index (χ0) is 21.2. The number of benzene rings is 1. The van der Waals surface area contributed by atoms with E-state index in [0.717, 1.165) is 36.9 Å². The molecule has 156 valence electrons. The van der Waals surface area contributed by atoms with Gasteiger partial charge in [-0.15, -0.1) is 0 Å². The minimum atomic E-state index is -0.188. The van der Waals surface area contributed by atoms with Crippen LogP contribution in [0.1, 0.15) is 55.5 Å². The Morgan fingerprint density at radius 1 is 1.17 bits per heavy atom. The molecule has 0 bridgehead atoms. The number of pyridine rings is 1. The Kier molecular flexibility index (Phi) is 8.65. The summed E-state index contributed by atoms with van der Waals surface area (Å²) in [7, 11) is 3.78. The van der Waals surface area contributed by atoms with Crippen molar-refractivity contribution in [2.45, 2.75) is 46.1 Å². The van der Waals surface area contributed by atoms with Crippen LogP contribution >= 0.6 is 0 Å². The predicted molar refractivity (Wildman–Crippen MR) is 118 cm³/mol. The van der Waals surface area contributed by atoms with Gasteiger partial charge in [0.05, 0.1) is 5.56 Å². The van der Waals surface area contributed by atoms with Gasteiger partial charge in [-0.3, -0.25) is 14.6 Å². The van der Waals surface area contributed by atoms with E-state index in [-0.39, 0.29) is 17.7 Å². The van der Waals surface area contributed by atoms with Crippen LogP contribution in [0.5, 0.6) is 0 Å². The molecule has 0 fully saturated rings. The van der Waals surface area contributed by atoms with Crippen molar-refractivity contribution in [3.63, 3.8) is 0 Å². The molecule has 1 aromatic carbocycles. The standard InChI is InChI=1S/C23H32N4O2/c1-5-7-10-18(6-2)22(28)26-19-11-12-21(27(3)4)20(14-19)23(29)25-16-17-9-8-13-24-15-17/h8-9,11-15,18H,5-7,10,16H2,1-4H3,(H,25,29)(H,26,28). The molecular weight excluding hydrogens is 364 g/mol. The van der Waals surface area contributed by atoms with Gasteiger partial charge in [0.25, 0.3) is 5.91 Å². The molecule has 0 spiro atoms. The number of carbonyl (C=O) groups is 2. The van der Waals surface area contributed by atoms with Gasteiger partial charge in [0, 0.05) is 50.3 Å². The summed E-state index contributed by atoms with van der Waals surface area (Å²) in [4.78, 5) is 31.4. The van der Waals surface area contributed by atoms with E-state index in [2.05, 4.69) is 22.5 Å². The second-order valence-corrected chi connectivity index (χ2v) is 7.41. The molecule has 2 aromatic rings. The third-order valence-electron chi connectivity index (χ3n) is 4.94. The first-order chi connectivity index (χ1) is 14.0. The van der Waals surface area contributed by atoms with Crippen molar-refractivity contribution in [1.82, 2.24) is 10.3 Å².